The van der Waals surface area contributed by atoms with Crippen LogP contribution in [0.3, 0.4) is 0 Å². The number of primary amides is 1. The minimum absolute atomic E-state index is 0.0272. The van der Waals surface area contributed by atoms with E-state index >= 15 is 0 Å². The summed E-state index contributed by atoms with van der Waals surface area (Å²) in [5.74, 6) is 0.202. The van der Waals surface area contributed by atoms with Crippen molar-refractivity contribution in [1.82, 2.24) is 0 Å². The van der Waals surface area contributed by atoms with Gasteiger partial charge in [0, 0.05) is 0 Å². The molecule has 1 atom stereocenters. The maximum absolute atomic E-state index is 12.0. The summed E-state index contributed by atoms with van der Waals surface area (Å²) in [7, 11) is 0. The van der Waals surface area contributed by atoms with Gasteiger partial charge in [-0.15, -0.1) is 0 Å². The Morgan fingerprint density at radius 1 is 1.30 bits per heavy atom. The van der Waals surface area contributed by atoms with Crippen molar-refractivity contribution in [2.75, 3.05) is 11.9 Å². The summed E-state index contributed by atoms with van der Waals surface area (Å²) in [5.41, 5.74) is 8.08. The van der Waals surface area contributed by atoms with Gasteiger partial charge in [-0.05, 0) is 48.9 Å². The minimum Gasteiger partial charge on any atom is -0.487 e. The smallest absolute Gasteiger partial charge is 0.405 e. The van der Waals surface area contributed by atoms with Gasteiger partial charge in [0.05, 0.1) is 5.69 Å². The Bertz CT molecular complexity index is 571. The van der Waals surface area contributed by atoms with E-state index in [-0.39, 0.29) is 6.61 Å². The molecule has 0 radical (unpaired) electrons. The topological polar surface area (TPSA) is 90.7 Å². The van der Waals surface area contributed by atoms with Crippen LogP contribution in [0.5, 0.6) is 5.75 Å². The molecule has 1 aromatic rings. The molecule has 6 heteroatoms. The number of carbonyl (C=O) groups excluding carboxylic acids is 2. The molecule has 0 unspecified atom stereocenters. The zero-order valence-electron chi connectivity index (χ0n) is 11.0. The van der Waals surface area contributed by atoms with Crippen LogP contribution in [-0.2, 0) is 22.4 Å². The van der Waals surface area contributed by atoms with Crippen LogP contribution in [0.15, 0.2) is 12.1 Å². The Morgan fingerprint density at radius 2 is 2.00 bits per heavy atom. The van der Waals surface area contributed by atoms with E-state index in [9.17, 15) is 9.59 Å². The lowest BCUT2D eigenvalue weighted by Gasteiger charge is -2.18. The lowest BCUT2D eigenvalue weighted by atomic mass is 9.91. The molecule has 1 aliphatic heterocycles. The lowest BCUT2D eigenvalue weighted by Crippen LogP contribution is -2.37. The second-order valence-corrected chi connectivity index (χ2v) is 5.05. The van der Waals surface area contributed by atoms with Crippen molar-refractivity contribution in [3.8, 4) is 5.75 Å². The van der Waals surface area contributed by atoms with Crippen molar-refractivity contribution in [2.45, 2.75) is 31.8 Å². The Kier molecular flexibility index (Phi) is 3.22. The second-order valence-electron chi connectivity index (χ2n) is 5.05. The molecular weight excluding hydrogens is 260 g/mol. The number of fused-ring (bicyclic) bond motifs is 2. The summed E-state index contributed by atoms with van der Waals surface area (Å²) in [6.45, 7) is -0.0272. The van der Waals surface area contributed by atoms with Crippen molar-refractivity contribution in [2.24, 2.45) is 5.73 Å². The highest BCUT2D eigenvalue weighted by Gasteiger charge is 2.28. The molecule has 1 aromatic carbocycles. The minimum atomic E-state index is -1.02. The summed E-state index contributed by atoms with van der Waals surface area (Å²) < 4.78 is 10.3. The molecule has 20 heavy (non-hydrogen) atoms. The van der Waals surface area contributed by atoms with E-state index in [2.05, 4.69) is 5.32 Å². The molecule has 0 fully saturated rings. The van der Waals surface area contributed by atoms with Crippen LogP contribution in [0.2, 0.25) is 0 Å². The average Bonchev–Trinajstić information content (AvgIpc) is 2.56. The van der Waals surface area contributed by atoms with Gasteiger partial charge in [0.15, 0.2) is 0 Å². The predicted octanol–water partition coefficient (Wildman–Crippen LogP) is 1.36. The van der Waals surface area contributed by atoms with Gasteiger partial charge in [-0.3, -0.25) is 4.79 Å². The molecule has 3 rings (SSSR count). The third-order valence-corrected chi connectivity index (χ3v) is 3.64. The van der Waals surface area contributed by atoms with Crippen LogP contribution in [0, 0.1) is 0 Å². The first-order valence-corrected chi connectivity index (χ1v) is 6.69. The highest BCUT2D eigenvalue weighted by Crippen LogP contribution is 2.34. The van der Waals surface area contributed by atoms with E-state index in [1.165, 1.54) is 17.5 Å². The van der Waals surface area contributed by atoms with Gasteiger partial charge in [0.25, 0.3) is 5.91 Å². The average molecular weight is 276 g/mol. The van der Waals surface area contributed by atoms with Gasteiger partial charge in [-0.2, -0.15) is 0 Å². The second kappa shape index (κ2) is 5.03. The lowest BCUT2D eigenvalue weighted by molar-refractivity contribution is -0.125. The molecule has 0 bridgehead atoms. The number of nitrogens with one attached hydrogen (secondary N) is 1. The molecule has 6 nitrogen and oxygen atoms in total. The quantitative estimate of drug-likeness (QED) is 0.810. The fourth-order valence-corrected chi connectivity index (χ4v) is 2.66. The Hall–Kier alpha value is -2.24. The Morgan fingerprint density at radius 3 is 2.70 bits per heavy atom. The zero-order valence-corrected chi connectivity index (χ0v) is 11.0. The number of anilines is 1. The van der Waals surface area contributed by atoms with Gasteiger partial charge >= 0.3 is 6.09 Å². The zero-order chi connectivity index (χ0) is 14.1. The fourth-order valence-electron chi connectivity index (χ4n) is 2.66. The molecule has 0 spiro atoms. The standard InChI is InChI=1S/C14H16N2O4/c15-14(18)20-12-7-19-11-6-9-4-2-1-3-8(9)5-10(11)16-13(12)17/h5-6,12H,1-4,7H2,(H2,15,18)(H,16,17)/t12-/m0/s1. The van der Waals surface area contributed by atoms with Crippen LogP contribution in [0.25, 0.3) is 0 Å². The molecule has 0 aromatic heterocycles. The molecule has 2 amide bonds. The highest BCUT2D eigenvalue weighted by atomic mass is 16.6. The molecule has 0 saturated heterocycles. The third kappa shape index (κ3) is 2.41. The summed E-state index contributed by atoms with van der Waals surface area (Å²) in [6.07, 6.45) is 2.37. The molecule has 2 aliphatic rings. The predicted molar refractivity (Wildman–Crippen MR) is 71.7 cm³/mol. The van der Waals surface area contributed by atoms with E-state index < -0.39 is 18.1 Å². The molecule has 3 N–H and O–H groups in total. The number of amides is 2. The van der Waals surface area contributed by atoms with Crippen LogP contribution >= 0.6 is 0 Å². The van der Waals surface area contributed by atoms with E-state index in [4.69, 9.17) is 15.2 Å². The van der Waals surface area contributed by atoms with Gasteiger partial charge in [-0.1, -0.05) is 0 Å². The third-order valence-electron chi connectivity index (χ3n) is 3.64. The number of benzene rings is 1. The fraction of sp³-hybridized carbons (Fsp3) is 0.429. The van der Waals surface area contributed by atoms with Gasteiger partial charge < -0.3 is 20.5 Å². The SMILES string of the molecule is NC(=O)O[C@H]1COc2cc3c(cc2NC1=O)CCCC3. The van der Waals surface area contributed by atoms with Gasteiger partial charge in [0.1, 0.15) is 12.4 Å². The van der Waals surface area contributed by atoms with Crippen LogP contribution in [0.4, 0.5) is 10.5 Å². The van der Waals surface area contributed by atoms with Gasteiger partial charge in [-0.25, -0.2) is 4.79 Å². The number of nitrogens with two attached hydrogens (primary N) is 1. The van der Waals surface area contributed by atoms with Crippen LogP contribution in [0.1, 0.15) is 24.0 Å². The number of hydrogen-bond donors (Lipinski definition) is 2. The summed E-state index contributed by atoms with van der Waals surface area (Å²) in [5, 5.41) is 2.73. The molecule has 1 aliphatic carbocycles. The van der Waals surface area contributed by atoms with Crippen molar-refractivity contribution < 1.29 is 19.1 Å². The van der Waals surface area contributed by atoms with E-state index in [1.54, 1.807) is 0 Å². The van der Waals surface area contributed by atoms with Crippen molar-refractivity contribution >= 4 is 17.7 Å². The normalized spacial score (nSPS) is 20.8. The first-order chi connectivity index (χ1) is 9.63. The maximum atomic E-state index is 12.0. The number of aryl methyl sites for hydroxylation is 2. The number of carbonyl (C=O) groups is 2. The van der Waals surface area contributed by atoms with E-state index in [0.29, 0.717) is 11.4 Å². The van der Waals surface area contributed by atoms with Crippen LogP contribution in [-0.4, -0.2) is 24.7 Å². The molecule has 106 valence electrons. The number of rotatable bonds is 1. The Labute approximate surface area is 116 Å². The van der Waals surface area contributed by atoms with Crippen LogP contribution < -0.4 is 15.8 Å². The first kappa shape index (κ1) is 12.8. The van der Waals surface area contributed by atoms with Gasteiger partial charge in [0.2, 0.25) is 6.10 Å². The molecule has 1 heterocycles. The summed E-state index contributed by atoms with van der Waals surface area (Å²) in [6, 6.07) is 3.92. The number of ether oxygens (including phenoxy) is 2. The monoisotopic (exact) mass is 276 g/mol. The maximum Gasteiger partial charge on any atom is 0.405 e. The van der Waals surface area contributed by atoms with E-state index in [0.717, 1.165) is 19.3 Å². The molecule has 0 saturated carbocycles. The molecular formula is C14H16N2O4. The first-order valence-electron chi connectivity index (χ1n) is 6.69. The summed E-state index contributed by atoms with van der Waals surface area (Å²) >= 11 is 0. The van der Waals surface area contributed by atoms with Crippen molar-refractivity contribution in [3.63, 3.8) is 0 Å². The van der Waals surface area contributed by atoms with Crippen molar-refractivity contribution in [1.29, 1.82) is 0 Å². The number of hydrogen-bond acceptors (Lipinski definition) is 4. The summed E-state index contributed by atoms with van der Waals surface area (Å²) in [4.78, 5) is 22.7. The largest absolute Gasteiger partial charge is 0.487 e. The highest BCUT2D eigenvalue weighted by molar-refractivity contribution is 5.97. The Balaban J connectivity index is 1.88. The van der Waals surface area contributed by atoms with Crippen molar-refractivity contribution in [3.05, 3.63) is 23.3 Å². The van der Waals surface area contributed by atoms with E-state index in [1.807, 2.05) is 12.1 Å².